The van der Waals surface area contributed by atoms with Gasteiger partial charge in [-0.15, -0.1) is 0 Å². The average Bonchev–Trinajstić information content (AvgIpc) is 2.28. The van der Waals surface area contributed by atoms with Crippen LogP contribution in [0.3, 0.4) is 0 Å². The van der Waals surface area contributed by atoms with E-state index in [1.807, 2.05) is 0 Å². The highest BCUT2D eigenvalue weighted by molar-refractivity contribution is 5.88. The minimum absolute atomic E-state index is 0.130. The number of ether oxygens (including phenoxy) is 1. The van der Waals surface area contributed by atoms with Gasteiger partial charge in [0.15, 0.2) is 0 Å². The number of carbonyl (C=O) groups excluding carboxylic acids is 1. The van der Waals surface area contributed by atoms with Gasteiger partial charge in [0.2, 0.25) is 0 Å². The molecule has 1 aromatic rings. The highest BCUT2D eigenvalue weighted by Crippen LogP contribution is 2.10. The molecule has 0 bridgehead atoms. The number of methoxy groups -OCH3 is 1. The Morgan fingerprint density at radius 1 is 1.56 bits per heavy atom. The fraction of sp³-hybridized carbons (Fsp3) is 0.300. The van der Waals surface area contributed by atoms with Crippen LogP contribution in [0.15, 0.2) is 18.3 Å². The van der Waals surface area contributed by atoms with Gasteiger partial charge in [0.1, 0.15) is 11.7 Å². The molecule has 1 aromatic heterocycles. The quantitative estimate of drug-likeness (QED) is 0.734. The molecule has 2 N–H and O–H groups in total. The molecule has 0 radical (unpaired) electrons. The molecule has 1 rings (SSSR count). The number of pyridine rings is 1. The summed E-state index contributed by atoms with van der Waals surface area (Å²) in [6.45, 7) is 1.50. The summed E-state index contributed by atoms with van der Waals surface area (Å²) in [5, 5.41) is 11.4. The molecule has 0 fully saturated rings. The Kier molecular flexibility index (Phi) is 3.82. The molecule has 6 nitrogen and oxygen atoms in total. The third-order valence-corrected chi connectivity index (χ3v) is 1.91. The number of carboxylic acid groups (broad SMARTS) is 1. The first-order chi connectivity index (χ1) is 7.54. The molecule has 16 heavy (non-hydrogen) atoms. The second-order valence-corrected chi connectivity index (χ2v) is 3.13. The van der Waals surface area contributed by atoms with E-state index in [9.17, 15) is 9.59 Å². The number of hydrogen-bond donors (Lipinski definition) is 2. The number of nitrogens with one attached hydrogen (secondary N) is 1. The van der Waals surface area contributed by atoms with Gasteiger partial charge >= 0.3 is 11.9 Å². The molecule has 0 aromatic carbocycles. The zero-order valence-electron chi connectivity index (χ0n) is 8.93. The monoisotopic (exact) mass is 224 g/mol. The molecule has 0 saturated heterocycles. The van der Waals surface area contributed by atoms with Crippen molar-refractivity contribution in [2.45, 2.75) is 13.0 Å². The average molecular weight is 224 g/mol. The summed E-state index contributed by atoms with van der Waals surface area (Å²) in [7, 11) is 1.25. The normalized spacial score (nSPS) is 11.6. The molecule has 0 aliphatic carbocycles. The minimum atomic E-state index is -0.976. The SMILES string of the molecule is COC(=O)c1cc(NC(C)C(=O)O)ccn1. The summed E-state index contributed by atoms with van der Waals surface area (Å²) >= 11 is 0. The van der Waals surface area contributed by atoms with Crippen molar-refractivity contribution in [2.24, 2.45) is 0 Å². The largest absolute Gasteiger partial charge is 0.480 e. The second-order valence-electron chi connectivity index (χ2n) is 3.13. The molecule has 1 heterocycles. The van der Waals surface area contributed by atoms with E-state index in [1.54, 1.807) is 6.07 Å². The minimum Gasteiger partial charge on any atom is -0.480 e. The van der Waals surface area contributed by atoms with Gasteiger partial charge in [0.05, 0.1) is 7.11 Å². The van der Waals surface area contributed by atoms with Crippen LogP contribution in [0.5, 0.6) is 0 Å². The zero-order valence-corrected chi connectivity index (χ0v) is 8.93. The first kappa shape index (κ1) is 12.0. The summed E-state index contributed by atoms with van der Waals surface area (Å²) in [4.78, 5) is 25.6. The van der Waals surface area contributed by atoms with Crippen molar-refractivity contribution in [3.05, 3.63) is 24.0 Å². The van der Waals surface area contributed by atoms with Crippen molar-refractivity contribution < 1.29 is 19.4 Å². The standard InChI is InChI=1S/C10H12N2O4/c1-6(9(13)14)12-7-3-4-11-8(5-7)10(15)16-2/h3-6H,1-2H3,(H,11,12)(H,13,14). The molecule has 0 saturated carbocycles. The van der Waals surface area contributed by atoms with Crippen LogP contribution < -0.4 is 5.32 Å². The molecule has 6 heteroatoms. The number of carbonyl (C=O) groups is 2. The van der Waals surface area contributed by atoms with Crippen LogP contribution in [0.4, 0.5) is 5.69 Å². The first-order valence-electron chi connectivity index (χ1n) is 4.58. The molecule has 0 spiro atoms. The van der Waals surface area contributed by atoms with Crippen molar-refractivity contribution in [1.82, 2.24) is 4.98 Å². The van der Waals surface area contributed by atoms with Crippen molar-refractivity contribution in [1.29, 1.82) is 0 Å². The van der Waals surface area contributed by atoms with Crippen molar-refractivity contribution in [3.8, 4) is 0 Å². The lowest BCUT2D eigenvalue weighted by atomic mass is 10.2. The lowest BCUT2D eigenvalue weighted by Gasteiger charge is -2.10. The predicted molar refractivity (Wildman–Crippen MR) is 56.3 cm³/mol. The maximum absolute atomic E-state index is 11.2. The first-order valence-corrected chi connectivity index (χ1v) is 4.58. The third-order valence-electron chi connectivity index (χ3n) is 1.91. The van der Waals surface area contributed by atoms with Crippen LogP contribution in [0, 0.1) is 0 Å². The van der Waals surface area contributed by atoms with E-state index in [0.29, 0.717) is 5.69 Å². The predicted octanol–water partition coefficient (Wildman–Crippen LogP) is 0.753. The topological polar surface area (TPSA) is 88.5 Å². The van der Waals surface area contributed by atoms with Crippen LogP contribution in [-0.4, -0.2) is 35.2 Å². The molecule has 1 unspecified atom stereocenters. The van der Waals surface area contributed by atoms with Crippen LogP contribution >= 0.6 is 0 Å². The number of aliphatic carboxylic acids is 1. The zero-order chi connectivity index (χ0) is 12.1. The van der Waals surface area contributed by atoms with Gasteiger partial charge in [-0.3, -0.25) is 4.79 Å². The summed E-state index contributed by atoms with van der Waals surface area (Å²) in [6.07, 6.45) is 1.41. The summed E-state index contributed by atoms with van der Waals surface area (Å²) in [5.41, 5.74) is 0.635. The van der Waals surface area contributed by atoms with Gasteiger partial charge in [-0.1, -0.05) is 0 Å². The molecule has 0 aliphatic heterocycles. The molecule has 86 valence electrons. The Morgan fingerprint density at radius 3 is 2.81 bits per heavy atom. The van der Waals surface area contributed by atoms with Crippen LogP contribution in [-0.2, 0) is 9.53 Å². The molecular formula is C10H12N2O4. The Bertz CT molecular complexity index is 406. The Balaban J connectivity index is 2.82. The fourth-order valence-corrected chi connectivity index (χ4v) is 1.05. The number of aromatic nitrogens is 1. The summed E-state index contributed by atoms with van der Waals surface area (Å²) in [5.74, 6) is -1.54. The van der Waals surface area contributed by atoms with Gasteiger partial charge in [-0.2, -0.15) is 0 Å². The number of esters is 1. The third kappa shape index (κ3) is 2.94. The molecule has 0 aliphatic rings. The molecular weight excluding hydrogens is 212 g/mol. The number of carboxylic acids is 1. The second kappa shape index (κ2) is 5.11. The van der Waals surface area contributed by atoms with Crippen LogP contribution in [0.25, 0.3) is 0 Å². The summed E-state index contributed by atoms with van der Waals surface area (Å²) in [6, 6.07) is 2.27. The Morgan fingerprint density at radius 2 is 2.25 bits per heavy atom. The fourth-order valence-electron chi connectivity index (χ4n) is 1.05. The van der Waals surface area contributed by atoms with Crippen LogP contribution in [0.2, 0.25) is 0 Å². The van der Waals surface area contributed by atoms with E-state index < -0.39 is 18.0 Å². The van der Waals surface area contributed by atoms with Gasteiger partial charge in [0, 0.05) is 11.9 Å². The van der Waals surface area contributed by atoms with Gasteiger partial charge in [-0.25, -0.2) is 9.78 Å². The van der Waals surface area contributed by atoms with E-state index in [0.717, 1.165) is 0 Å². The van der Waals surface area contributed by atoms with Gasteiger partial charge in [-0.05, 0) is 19.1 Å². The lowest BCUT2D eigenvalue weighted by Crippen LogP contribution is -2.25. The highest BCUT2D eigenvalue weighted by Gasteiger charge is 2.12. The summed E-state index contributed by atoms with van der Waals surface area (Å²) < 4.78 is 4.50. The molecule has 1 atom stereocenters. The van der Waals surface area contributed by atoms with Crippen molar-refractivity contribution in [3.63, 3.8) is 0 Å². The smallest absolute Gasteiger partial charge is 0.356 e. The Labute approximate surface area is 92.3 Å². The van der Waals surface area contributed by atoms with E-state index in [2.05, 4.69) is 15.0 Å². The molecule has 0 amide bonds. The van der Waals surface area contributed by atoms with Gasteiger partial charge < -0.3 is 15.2 Å². The van der Waals surface area contributed by atoms with Crippen molar-refractivity contribution in [2.75, 3.05) is 12.4 Å². The Hall–Kier alpha value is -2.11. The number of nitrogens with zero attached hydrogens (tertiary/aromatic N) is 1. The lowest BCUT2D eigenvalue weighted by molar-refractivity contribution is -0.137. The van der Waals surface area contributed by atoms with E-state index in [-0.39, 0.29) is 5.69 Å². The number of anilines is 1. The van der Waals surface area contributed by atoms with Crippen LogP contribution in [0.1, 0.15) is 17.4 Å². The number of hydrogen-bond acceptors (Lipinski definition) is 5. The maximum Gasteiger partial charge on any atom is 0.356 e. The van der Waals surface area contributed by atoms with E-state index in [4.69, 9.17) is 5.11 Å². The maximum atomic E-state index is 11.2. The number of rotatable bonds is 4. The van der Waals surface area contributed by atoms with Gasteiger partial charge in [0.25, 0.3) is 0 Å². The highest BCUT2D eigenvalue weighted by atomic mass is 16.5. The van der Waals surface area contributed by atoms with Crippen molar-refractivity contribution >= 4 is 17.6 Å². The van der Waals surface area contributed by atoms with E-state index >= 15 is 0 Å². The van der Waals surface area contributed by atoms with E-state index in [1.165, 1.54) is 26.3 Å².